The van der Waals surface area contributed by atoms with E-state index in [-0.39, 0.29) is 47.4 Å². The van der Waals surface area contributed by atoms with Gasteiger partial charge in [0.2, 0.25) is 5.91 Å². The van der Waals surface area contributed by atoms with Gasteiger partial charge >= 0.3 is 5.97 Å². The number of hydrogen-bond donors (Lipinski definition) is 1. The molecule has 0 aliphatic carbocycles. The van der Waals surface area contributed by atoms with E-state index >= 15 is 0 Å². The number of ether oxygens (including phenoxy) is 1. The number of hydrogen-bond acceptors (Lipinski definition) is 4. The molecule has 0 radical (unpaired) electrons. The van der Waals surface area contributed by atoms with Crippen molar-refractivity contribution in [3.05, 3.63) is 0 Å². The smallest absolute Gasteiger partial charge is 0.302 e. The van der Waals surface area contributed by atoms with Crippen molar-refractivity contribution < 1.29 is 19.1 Å². The highest BCUT2D eigenvalue weighted by atomic mass is 16.5. The van der Waals surface area contributed by atoms with Gasteiger partial charge in [-0.25, -0.2) is 0 Å². The molecule has 5 nitrogen and oxygen atoms in total. The second-order valence-electron chi connectivity index (χ2n) is 2.41. The fraction of sp³-hybridized carbons (Fsp3) is 0.769. The third-order valence-electron chi connectivity index (χ3n) is 0.640. The molecule has 0 aromatic carbocycles. The zero-order chi connectivity index (χ0) is 12.1. The molecule has 5 heteroatoms. The Balaban J connectivity index is -0.0000000183. The maximum Gasteiger partial charge on any atom is 0.302 e. The average molecular weight is 269 g/mol. The van der Waals surface area contributed by atoms with Gasteiger partial charge < -0.3 is 14.8 Å². The van der Waals surface area contributed by atoms with Gasteiger partial charge in [-0.05, 0) is 13.8 Å². The van der Waals surface area contributed by atoms with Crippen LogP contribution in [0.25, 0.3) is 0 Å². The van der Waals surface area contributed by atoms with Gasteiger partial charge in [0.05, 0.1) is 7.11 Å². The van der Waals surface area contributed by atoms with E-state index in [9.17, 15) is 14.4 Å². The summed E-state index contributed by atoms with van der Waals surface area (Å²) in [5, 5.41) is 2.39. The van der Waals surface area contributed by atoms with Crippen LogP contribution in [0.15, 0.2) is 0 Å². The number of carbonyl (C=O) groups is 3. The molecule has 18 heavy (non-hydrogen) atoms. The summed E-state index contributed by atoms with van der Waals surface area (Å²) < 4.78 is 4.11. The molecular weight excluding hydrogens is 234 g/mol. The standard InChI is InChI=1S/C3H7NO.C3H6O2.C3H6O.4CH4/c1-3(5)4-2;1-3(4)5-2;1-3(2)4;;;;/h1-2H3,(H,4,5);1-2H3;1-2H3;4*1H4. The van der Waals surface area contributed by atoms with Crippen LogP contribution < -0.4 is 5.32 Å². The molecule has 0 aliphatic rings. The lowest BCUT2D eigenvalue weighted by Gasteiger charge is -1.80. The molecule has 1 N–H and O–H groups in total. The molecule has 1 amide bonds. The number of carbonyl (C=O) groups excluding carboxylic acids is 3. The van der Waals surface area contributed by atoms with Gasteiger partial charge in [-0.15, -0.1) is 0 Å². The van der Waals surface area contributed by atoms with E-state index in [0.717, 1.165) is 0 Å². The molecule has 0 rings (SSSR count). The maximum atomic E-state index is 9.70. The van der Waals surface area contributed by atoms with Crippen LogP contribution in [0.5, 0.6) is 0 Å². The molecule has 0 atom stereocenters. The summed E-state index contributed by atoms with van der Waals surface area (Å²) in [5.41, 5.74) is 0. The molecule has 0 bridgehead atoms. The monoisotopic (exact) mass is 269 g/mol. The van der Waals surface area contributed by atoms with Crippen molar-refractivity contribution in [2.45, 2.75) is 57.4 Å². The van der Waals surface area contributed by atoms with E-state index in [1.165, 1.54) is 34.8 Å². The van der Waals surface area contributed by atoms with Crippen molar-refractivity contribution in [2.24, 2.45) is 0 Å². The normalized spacial score (nSPS) is 5.22. The minimum Gasteiger partial charge on any atom is -0.469 e. The van der Waals surface area contributed by atoms with Gasteiger partial charge in [0.15, 0.2) is 0 Å². The largest absolute Gasteiger partial charge is 0.469 e. The summed E-state index contributed by atoms with van der Waals surface area (Å²) in [6.07, 6.45) is 0. The lowest BCUT2D eigenvalue weighted by molar-refractivity contribution is -0.138. The molecule has 0 aliphatic heterocycles. The average Bonchev–Trinajstić information content (AvgIpc) is 2.04. The summed E-state index contributed by atoms with van der Waals surface area (Å²) in [5.74, 6) is -0.0741. The first-order chi connectivity index (χ1) is 6.27. The lowest BCUT2D eigenvalue weighted by atomic mass is 10.6. The molecule has 0 fully saturated rings. The lowest BCUT2D eigenvalue weighted by Crippen LogP contribution is -2.11. The van der Waals surface area contributed by atoms with Crippen LogP contribution in [-0.4, -0.2) is 31.8 Å². The number of ketones is 1. The van der Waals surface area contributed by atoms with Crippen LogP contribution in [0.2, 0.25) is 0 Å². The molecule has 0 spiro atoms. The highest BCUT2D eigenvalue weighted by Gasteiger charge is 1.75. The molecule has 0 saturated carbocycles. The zero-order valence-corrected chi connectivity index (χ0v) is 9.63. The molecule has 0 aromatic rings. The Hall–Kier alpha value is -1.39. The first-order valence-electron chi connectivity index (χ1n) is 3.97. The Morgan fingerprint density at radius 1 is 0.833 bits per heavy atom. The SMILES string of the molecule is C.C.C.C.CC(C)=O.CNC(C)=O.COC(C)=O. The summed E-state index contributed by atoms with van der Waals surface area (Å²) in [4.78, 5) is 28.7. The molecule has 116 valence electrons. The van der Waals surface area contributed by atoms with Crippen LogP contribution in [0.3, 0.4) is 0 Å². The van der Waals surface area contributed by atoms with Crippen LogP contribution in [-0.2, 0) is 19.1 Å². The number of methoxy groups -OCH3 is 1. The van der Waals surface area contributed by atoms with Gasteiger partial charge in [-0.2, -0.15) is 0 Å². The topological polar surface area (TPSA) is 72.5 Å². The summed E-state index contributed by atoms with van der Waals surface area (Å²) in [6, 6.07) is 0. The van der Waals surface area contributed by atoms with Gasteiger partial charge in [-0.3, -0.25) is 9.59 Å². The van der Waals surface area contributed by atoms with Gasteiger partial charge in [0.25, 0.3) is 0 Å². The molecule has 0 heterocycles. The molecule has 0 saturated heterocycles. The summed E-state index contributed by atoms with van der Waals surface area (Å²) in [7, 11) is 2.95. The Morgan fingerprint density at radius 3 is 0.944 bits per heavy atom. The van der Waals surface area contributed by atoms with E-state index in [4.69, 9.17) is 0 Å². The van der Waals surface area contributed by atoms with E-state index < -0.39 is 0 Å². The summed E-state index contributed by atoms with van der Waals surface area (Å²) in [6.45, 7) is 5.89. The van der Waals surface area contributed by atoms with Crippen molar-refractivity contribution in [1.29, 1.82) is 0 Å². The second kappa shape index (κ2) is 36.1. The van der Waals surface area contributed by atoms with Crippen LogP contribution in [0.1, 0.15) is 57.4 Å². The highest BCUT2D eigenvalue weighted by Crippen LogP contribution is 1.60. The molecular formula is C13H35NO4. The minimum atomic E-state index is -0.245. The maximum absolute atomic E-state index is 9.70. The Morgan fingerprint density at radius 2 is 0.944 bits per heavy atom. The Labute approximate surface area is 114 Å². The fourth-order valence-electron chi connectivity index (χ4n) is 0. The minimum absolute atomic E-state index is 0. The predicted octanol–water partition coefficient (Wildman–Crippen LogP) is 3.07. The zero-order valence-electron chi connectivity index (χ0n) is 9.63. The van der Waals surface area contributed by atoms with Crippen LogP contribution in [0, 0.1) is 0 Å². The van der Waals surface area contributed by atoms with E-state index in [1.54, 1.807) is 7.05 Å². The quantitative estimate of drug-likeness (QED) is 0.686. The highest BCUT2D eigenvalue weighted by molar-refractivity contribution is 5.72. The van der Waals surface area contributed by atoms with E-state index in [2.05, 4.69) is 10.1 Å². The number of nitrogens with one attached hydrogen (secondary N) is 1. The third-order valence-corrected chi connectivity index (χ3v) is 0.640. The second-order valence-corrected chi connectivity index (χ2v) is 2.41. The predicted molar refractivity (Wildman–Crippen MR) is 80.7 cm³/mol. The Kier molecular flexibility index (Phi) is 87.8. The number of rotatable bonds is 0. The van der Waals surface area contributed by atoms with Crippen molar-refractivity contribution in [3.63, 3.8) is 0 Å². The molecule has 0 aromatic heterocycles. The molecule has 0 unspecified atom stereocenters. The number of esters is 1. The number of amides is 1. The number of Topliss-reactive ketones (excluding diaryl/α,β-unsaturated/α-hetero) is 1. The first kappa shape index (κ1) is 43.8. The van der Waals surface area contributed by atoms with Gasteiger partial charge in [-0.1, -0.05) is 29.7 Å². The Bertz CT molecular complexity index is 162. The van der Waals surface area contributed by atoms with Crippen molar-refractivity contribution in [2.75, 3.05) is 14.2 Å². The van der Waals surface area contributed by atoms with Gasteiger partial charge in [0, 0.05) is 20.9 Å². The fourth-order valence-corrected chi connectivity index (χ4v) is 0. The summed E-state index contributed by atoms with van der Waals surface area (Å²) >= 11 is 0. The van der Waals surface area contributed by atoms with E-state index in [0.29, 0.717) is 0 Å². The van der Waals surface area contributed by atoms with Gasteiger partial charge in [0.1, 0.15) is 5.78 Å². The first-order valence-corrected chi connectivity index (χ1v) is 3.97. The van der Waals surface area contributed by atoms with Crippen molar-refractivity contribution in [3.8, 4) is 0 Å². The van der Waals surface area contributed by atoms with Crippen molar-refractivity contribution in [1.82, 2.24) is 5.32 Å². The van der Waals surface area contributed by atoms with E-state index in [1.807, 2.05) is 0 Å². The van der Waals surface area contributed by atoms with Crippen molar-refractivity contribution >= 4 is 17.7 Å². The van der Waals surface area contributed by atoms with Crippen LogP contribution in [0.4, 0.5) is 0 Å². The third kappa shape index (κ3) is 397. The van der Waals surface area contributed by atoms with Crippen LogP contribution >= 0.6 is 0 Å².